The maximum absolute atomic E-state index is 15.3. The quantitative estimate of drug-likeness (QED) is 0.0142. The van der Waals surface area contributed by atoms with Crippen molar-refractivity contribution in [3.05, 3.63) is 95.6 Å². The largest absolute Gasteiger partial charge is 0.508 e. The number of carboxylic acids is 2. The molecule has 744 valence electrons. The number of carbonyl (C=O) groups excluding carboxylic acids is 18. The predicted octanol–water partition coefficient (Wildman–Crippen LogP) is -11.2. The molecule has 51 heteroatoms. The summed E-state index contributed by atoms with van der Waals surface area (Å²) in [7, 11) is 0. The average molecular weight is 1900 g/mol. The highest BCUT2D eigenvalue weighted by molar-refractivity contribution is 6.03. The van der Waals surface area contributed by atoms with E-state index in [1.807, 2.05) is 16.0 Å². The molecule has 1 aliphatic heterocycles. The fourth-order valence-electron chi connectivity index (χ4n) is 13.4. The number of carbonyl (C=O) groups is 20. The zero-order valence-electron chi connectivity index (χ0n) is 74.9. The Morgan fingerprint density at radius 3 is 1.26 bits per heavy atom. The number of phenols is 2. The molecule has 4 rings (SSSR count). The van der Waals surface area contributed by atoms with Crippen LogP contribution in [0.1, 0.15) is 128 Å². The van der Waals surface area contributed by atoms with Gasteiger partial charge in [0.25, 0.3) is 0 Å². The molecule has 18 amide bonds. The Labute approximate surface area is 774 Å². The Morgan fingerprint density at radius 2 is 0.822 bits per heavy atom. The van der Waals surface area contributed by atoms with Gasteiger partial charge in [-0.1, -0.05) is 82.3 Å². The van der Waals surface area contributed by atoms with Crippen molar-refractivity contribution in [1.29, 1.82) is 5.41 Å². The summed E-state index contributed by atoms with van der Waals surface area (Å²) in [5, 5.41) is 118. The van der Waals surface area contributed by atoms with Gasteiger partial charge in [-0.2, -0.15) is 0 Å². The van der Waals surface area contributed by atoms with Gasteiger partial charge in [0, 0.05) is 32.4 Å². The van der Waals surface area contributed by atoms with Gasteiger partial charge in [0.1, 0.15) is 108 Å². The van der Waals surface area contributed by atoms with Crippen LogP contribution in [-0.2, 0) is 115 Å². The minimum absolute atomic E-state index is 0.00784. The first-order chi connectivity index (χ1) is 63.8. The van der Waals surface area contributed by atoms with Gasteiger partial charge < -0.3 is 161 Å². The summed E-state index contributed by atoms with van der Waals surface area (Å²) in [6.45, 7) is 1.46. The normalized spacial score (nSPS) is 21.4. The van der Waals surface area contributed by atoms with Gasteiger partial charge in [0.05, 0.1) is 45.5 Å². The number of nitrogens with one attached hydrogen (secondary N) is 18. The molecule has 1 saturated heterocycles. The van der Waals surface area contributed by atoms with E-state index in [2.05, 4.69) is 74.4 Å². The van der Waals surface area contributed by atoms with Crippen LogP contribution in [0.4, 0.5) is 0 Å². The van der Waals surface area contributed by atoms with Crippen LogP contribution in [-0.4, -0.2) is 303 Å². The third kappa shape index (κ3) is 40.8. The lowest BCUT2D eigenvalue weighted by atomic mass is 9.99. The van der Waals surface area contributed by atoms with E-state index in [4.69, 9.17) is 39.8 Å². The number of aliphatic carboxylic acids is 2. The van der Waals surface area contributed by atoms with Crippen LogP contribution < -0.4 is 125 Å². The fourth-order valence-corrected chi connectivity index (χ4v) is 13.4. The van der Waals surface area contributed by atoms with Crippen LogP contribution in [0.5, 0.6) is 11.5 Å². The molecule has 0 radical (unpaired) electrons. The highest BCUT2D eigenvalue weighted by Gasteiger charge is 2.41. The van der Waals surface area contributed by atoms with Gasteiger partial charge in [-0.15, -0.1) is 0 Å². The lowest BCUT2D eigenvalue weighted by molar-refractivity contribution is -0.143. The number of rotatable bonds is 41. The van der Waals surface area contributed by atoms with Crippen LogP contribution in [0, 0.1) is 17.2 Å². The van der Waals surface area contributed by atoms with E-state index in [9.17, 15) is 117 Å². The van der Waals surface area contributed by atoms with Crippen molar-refractivity contribution in [3.8, 4) is 11.5 Å². The number of aromatic hydroxyl groups is 2. The van der Waals surface area contributed by atoms with Crippen LogP contribution in [0.2, 0.25) is 0 Å². The topological polar surface area (TPSA) is 867 Å². The second-order valence-corrected chi connectivity index (χ2v) is 32.6. The number of primary amides is 2. The summed E-state index contributed by atoms with van der Waals surface area (Å²) in [5.41, 5.74) is 35.4. The summed E-state index contributed by atoms with van der Waals surface area (Å²) in [6.07, 6.45) is -6.69. The van der Waals surface area contributed by atoms with E-state index < -0.39 is 298 Å². The van der Waals surface area contributed by atoms with Crippen molar-refractivity contribution < 1.29 is 132 Å². The number of nitrogens with two attached hydrogens (primary N) is 6. The van der Waals surface area contributed by atoms with E-state index in [1.165, 1.54) is 86.6 Å². The molecule has 0 aliphatic carbocycles. The van der Waals surface area contributed by atoms with Gasteiger partial charge in [-0.05, 0) is 124 Å². The molecule has 0 aromatic heterocycles. The first-order valence-electron chi connectivity index (χ1n) is 43.3. The average Bonchev–Trinajstić information content (AvgIpc) is 0.859. The van der Waals surface area contributed by atoms with Crippen molar-refractivity contribution in [3.63, 3.8) is 0 Å². The van der Waals surface area contributed by atoms with Crippen molar-refractivity contribution in [2.75, 3.05) is 46.0 Å². The molecule has 16 atom stereocenters. The van der Waals surface area contributed by atoms with Crippen molar-refractivity contribution in [2.24, 2.45) is 46.2 Å². The molecular weight excluding hydrogens is 1780 g/mol. The van der Waals surface area contributed by atoms with E-state index >= 15 is 14.4 Å². The summed E-state index contributed by atoms with van der Waals surface area (Å²) in [6, 6.07) is -12.4. The second kappa shape index (κ2) is 57.9. The molecule has 1 heterocycles. The minimum Gasteiger partial charge on any atom is -0.508 e. The molecule has 135 heavy (non-hydrogen) atoms. The van der Waals surface area contributed by atoms with Gasteiger partial charge >= 0.3 is 11.9 Å². The predicted molar refractivity (Wildman–Crippen MR) is 476 cm³/mol. The summed E-state index contributed by atoms with van der Waals surface area (Å²) >= 11 is 0. The number of phenolic OH excluding ortho intramolecular Hbond substituents is 2. The monoisotopic (exact) mass is 1900 g/mol. The van der Waals surface area contributed by atoms with Crippen LogP contribution in [0.3, 0.4) is 0 Å². The summed E-state index contributed by atoms with van der Waals surface area (Å²) < 4.78 is 0. The lowest BCUT2D eigenvalue weighted by Gasteiger charge is -2.29. The molecular formula is C84H126N24O27. The van der Waals surface area contributed by atoms with Crippen LogP contribution >= 0.6 is 0 Å². The first-order valence-corrected chi connectivity index (χ1v) is 43.3. The maximum Gasteiger partial charge on any atom is 0.305 e. The van der Waals surface area contributed by atoms with Gasteiger partial charge in [0.2, 0.25) is 106 Å². The number of amides is 18. The molecule has 3 aromatic rings. The number of aliphatic hydroxyl groups excluding tert-OH is 3. The number of unbranched alkanes of at least 4 members (excludes halogenated alkanes) is 2. The summed E-state index contributed by atoms with van der Waals surface area (Å²) in [5.74, 6) is -28.9. The van der Waals surface area contributed by atoms with Crippen molar-refractivity contribution in [2.45, 2.75) is 227 Å². The zero-order chi connectivity index (χ0) is 101. The lowest BCUT2D eigenvalue weighted by Crippen LogP contribution is -2.62. The van der Waals surface area contributed by atoms with Crippen LogP contribution in [0.15, 0.2) is 78.9 Å². The Morgan fingerprint density at radius 1 is 0.437 bits per heavy atom. The molecule has 0 spiro atoms. The number of aliphatic hydroxyl groups is 3. The number of hydrogen-bond acceptors (Lipinski definition) is 29. The van der Waals surface area contributed by atoms with Crippen molar-refractivity contribution >= 4 is 124 Å². The number of carboxylic acid groups (broad SMARTS) is 2. The molecule has 37 N–H and O–H groups in total. The first kappa shape index (κ1) is 113. The van der Waals surface area contributed by atoms with Gasteiger partial charge in [-0.25, -0.2) is 0 Å². The Balaban J connectivity index is 1.95. The highest BCUT2D eigenvalue weighted by atomic mass is 16.4. The molecule has 10 unspecified atom stereocenters. The number of hydrogen-bond donors (Lipinski definition) is 31. The number of guanidine groups is 1. The molecule has 0 bridgehead atoms. The Bertz CT molecular complexity index is 4590. The Kier molecular flexibility index (Phi) is 48.4. The van der Waals surface area contributed by atoms with E-state index in [1.54, 1.807) is 19.9 Å². The van der Waals surface area contributed by atoms with E-state index in [0.717, 1.165) is 0 Å². The highest BCUT2D eigenvalue weighted by Crippen LogP contribution is 2.18. The Hall–Kier alpha value is -14.3. The minimum atomic E-state index is -2.30. The molecule has 0 saturated carbocycles. The maximum atomic E-state index is 15.3. The van der Waals surface area contributed by atoms with Crippen molar-refractivity contribution in [1.82, 2.24) is 90.4 Å². The van der Waals surface area contributed by atoms with Gasteiger partial charge in [-0.3, -0.25) is 101 Å². The van der Waals surface area contributed by atoms with E-state index in [-0.39, 0.29) is 101 Å². The third-order valence-electron chi connectivity index (χ3n) is 20.7. The smallest absolute Gasteiger partial charge is 0.305 e. The van der Waals surface area contributed by atoms with Gasteiger partial charge in [0.15, 0.2) is 5.96 Å². The zero-order valence-corrected chi connectivity index (χ0v) is 74.9. The SMILES string of the molecule is CC(C)CC1NC(=O)[C@H](C(C)C)NC(=O)C(CC(N)=O)NC(=O)[C@H](CO)NC(=O)C(CO)NC(=O)[C@H](CC(=O)O)NC(=O)C(CC(=O)O)NC(=O)[C@H](Cc2ccccc2)NC(=O)C(Cc2ccc(O)cc2)NC(=O)C(N)CNC(=O)CC(C(=O)NC(CCCCN)C(=O)N[C@@H](CCCCN)C(=O)NC(Cc2ccc(O)cc2)C(=O)N[C@@H](CCCNC(=N)N)C(=O)NC(CO)C(N)=O)NC1=O. The molecule has 51 nitrogen and oxygen atoms in total. The third-order valence-corrected chi connectivity index (χ3v) is 20.7. The fraction of sp³-hybridized carbons (Fsp3) is 0.536. The summed E-state index contributed by atoms with van der Waals surface area (Å²) in [4.78, 5) is 282. The standard InChI is InChI=1S/C84H126N24O27/c1-41(2)29-52-73(125)101-57(77(129)95-49(15-8-10-26-85)70(122)94-50(16-9-11-27-86)71(123)98-55(32-45-20-24-47(113)25-21-45)74(126)96-51(17-12-28-92-84(90)91)72(124)105-60(38-109)68(89)120)34-64(115)93-37-48(87)69(121)97-53(31-44-18-22-46(112)23-19-44)75(127)99-54(30-43-13-6-5-7-14-43)76(128)102-58(35-65(116)117)78(130)103-59(36-66(118)119)79(131)106-62(40-111)82(134)107-61(39-110)81(133)100-56(33-63(88)114)80(132)108-67(42(3)4)83(135)104-52/h5-7,13-14,18-25,41-42,48-62,67,109-113H,8-12,15-17,26-40,85-87H2,1-4H3,(H2,88,114)(H2,89,120)(H,93,115)(H,94,122)(H,95,129)(H,96,126)(H,97,121)(H,98,123)(H,99,127)(H,100,133)(H,101,125)(H,102,128)(H,103,130)(H,104,135)(H,105,124)(H,106,131)(H,107,134)(H,108,132)(H,116,117)(H,118,119)(H4,90,91,92)/t48?,49?,50-,51-,52?,53?,54-,55?,56?,57?,58?,59-,60?,61-,62?,67-/m0/s1. The van der Waals surface area contributed by atoms with Crippen LogP contribution in [0.25, 0.3) is 0 Å². The number of benzene rings is 3. The molecule has 1 aliphatic rings. The molecule has 3 aromatic carbocycles. The molecule has 1 fully saturated rings. The second-order valence-electron chi connectivity index (χ2n) is 32.6. The van der Waals surface area contributed by atoms with E-state index in [0.29, 0.717) is 11.1 Å².